The maximum absolute atomic E-state index is 11.0. The van der Waals surface area contributed by atoms with E-state index >= 15 is 0 Å². The summed E-state index contributed by atoms with van der Waals surface area (Å²) in [6, 6.07) is 7.13. The zero-order chi connectivity index (χ0) is 15.3. The van der Waals surface area contributed by atoms with Crippen LogP contribution in [0.5, 0.6) is 0 Å². The Balaban J connectivity index is 1.79. The third-order valence-corrected chi connectivity index (χ3v) is 4.77. The topological polar surface area (TPSA) is 58.2 Å². The van der Waals surface area contributed by atoms with Crippen molar-refractivity contribution in [3.8, 4) is 0 Å². The SMILES string of the molecule is CC(NCCCNS(C)(=O)=O)c1ccc2c(c1)CCCC2. The summed E-state index contributed by atoms with van der Waals surface area (Å²) in [6.45, 7) is 3.46. The number of fused-ring (bicyclic) bond motifs is 1. The highest BCUT2D eigenvalue weighted by atomic mass is 32.2. The maximum atomic E-state index is 11.0. The molecule has 1 aliphatic carbocycles. The molecular formula is C16H26N2O2S. The molecule has 2 N–H and O–H groups in total. The summed E-state index contributed by atoms with van der Waals surface area (Å²) < 4.78 is 24.4. The molecule has 1 unspecified atom stereocenters. The van der Waals surface area contributed by atoms with E-state index in [4.69, 9.17) is 0 Å². The predicted octanol–water partition coefficient (Wildman–Crippen LogP) is 2.16. The molecule has 0 fully saturated rings. The smallest absolute Gasteiger partial charge is 0.208 e. The van der Waals surface area contributed by atoms with Crippen LogP contribution in [0.25, 0.3) is 0 Å². The Morgan fingerprint density at radius 3 is 2.57 bits per heavy atom. The van der Waals surface area contributed by atoms with Gasteiger partial charge in [0.05, 0.1) is 6.26 Å². The van der Waals surface area contributed by atoms with Crippen LogP contribution in [0, 0.1) is 0 Å². The second-order valence-electron chi connectivity index (χ2n) is 5.93. The fourth-order valence-corrected chi connectivity index (χ4v) is 3.32. The molecule has 0 saturated carbocycles. The van der Waals surface area contributed by atoms with E-state index in [9.17, 15) is 8.42 Å². The lowest BCUT2D eigenvalue weighted by molar-refractivity contribution is 0.547. The number of benzene rings is 1. The van der Waals surface area contributed by atoms with E-state index in [1.165, 1.54) is 48.6 Å². The van der Waals surface area contributed by atoms with Crippen LogP contribution in [-0.2, 0) is 22.9 Å². The minimum absolute atomic E-state index is 0.301. The lowest BCUT2D eigenvalue weighted by Crippen LogP contribution is -2.27. The normalized spacial score (nSPS) is 16.5. The Labute approximate surface area is 128 Å². The quantitative estimate of drug-likeness (QED) is 0.759. The van der Waals surface area contributed by atoms with Crippen molar-refractivity contribution in [1.82, 2.24) is 10.0 Å². The highest BCUT2D eigenvalue weighted by Gasteiger charge is 2.12. The molecule has 0 radical (unpaired) electrons. The van der Waals surface area contributed by atoms with E-state index in [1.54, 1.807) is 0 Å². The third kappa shape index (κ3) is 5.41. The predicted molar refractivity (Wildman–Crippen MR) is 87.0 cm³/mol. The van der Waals surface area contributed by atoms with Crippen LogP contribution in [0.1, 0.15) is 48.9 Å². The van der Waals surface area contributed by atoms with Gasteiger partial charge in [-0.05, 0) is 62.3 Å². The summed E-state index contributed by atoms with van der Waals surface area (Å²) in [5.74, 6) is 0. The second kappa shape index (κ2) is 7.38. The first-order valence-corrected chi connectivity index (χ1v) is 9.64. The molecule has 0 saturated heterocycles. The van der Waals surface area contributed by atoms with Crippen molar-refractivity contribution in [2.75, 3.05) is 19.3 Å². The summed E-state index contributed by atoms with van der Waals surface area (Å²) in [5, 5.41) is 3.46. The molecule has 0 amide bonds. The number of aryl methyl sites for hydroxylation is 2. The first kappa shape index (κ1) is 16.5. The van der Waals surface area contributed by atoms with E-state index in [1.807, 2.05) is 0 Å². The summed E-state index contributed by atoms with van der Waals surface area (Å²) in [4.78, 5) is 0. The lowest BCUT2D eigenvalue weighted by atomic mass is 9.89. The summed E-state index contributed by atoms with van der Waals surface area (Å²) in [7, 11) is -3.07. The zero-order valence-corrected chi connectivity index (χ0v) is 13.8. The van der Waals surface area contributed by atoms with Crippen molar-refractivity contribution in [3.05, 3.63) is 34.9 Å². The van der Waals surface area contributed by atoms with Crippen molar-refractivity contribution in [2.45, 2.75) is 45.1 Å². The van der Waals surface area contributed by atoms with E-state index in [2.05, 4.69) is 35.2 Å². The highest BCUT2D eigenvalue weighted by Crippen LogP contribution is 2.24. The van der Waals surface area contributed by atoms with E-state index in [0.717, 1.165) is 13.0 Å². The Bertz CT molecular complexity index is 570. The van der Waals surface area contributed by atoms with Gasteiger partial charge in [-0.1, -0.05) is 18.2 Å². The molecule has 118 valence electrons. The Morgan fingerprint density at radius 1 is 1.14 bits per heavy atom. The molecule has 1 aliphatic rings. The minimum Gasteiger partial charge on any atom is -0.310 e. The van der Waals surface area contributed by atoms with Crippen LogP contribution in [-0.4, -0.2) is 27.8 Å². The van der Waals surface area contributed by atoms with Gasteiger partial charge in [0.2, 0.25) is 10.0 Å². The Morgan fingerprint density at radius 2 is 1.86 bits per heavy atom. The van der Waals surface area contributed by atoms with Gasteiger partial charge in [0.1, 0.15) is 0 Å². The van der Waals surface area contributed by atoms with Crippen LogP contribution < -0.4 is 10.0 Å². The summed E-state index contributed by atoms with van der Waals surface area (Å²) in [5.41, 5.74) is 4.34. The van der Waals surface area contributed by atoms with Crippen LogP contribution in [0.15, 0.2) is 18.2 Å². The average molecular weight is 310 g/mol. The largest absolute Gasteiger partial charge is 0.310 e. The van der Waals surface area contributed by atoms with Gasteiger partial charge in [-0.3, -0.25) is 0 Å². The van der Waals surface area contributed by atoms with E-state index in [-0.39, 0.29) is 0 Å². The molecule has 1 aromatic carbocycles. The van der Waals surface area contributed by atoms with Gasteiger partial charge < -0.3 is 5.32 Å². The maximum Gasteiger partial charge on any atom is 0.208 e. The van der Waals surface area contributed by atoms with E-state index in [0.29, 0.717) is 12.6 Å². The third-order valence-electron chi connectivity index (χ3n) is 4.04. The Hall–Kier alpha value is -0.910. The van der Waals surface area contributed by atoms with Gasteiger partial charge in [0.15, 0.2) is 0 Å². The monoisotopic (exact) mass is 310 g/mol. The lowest BCUT2D eigenvalue weighted by Gasteiger charge is -2.20. The van der Waals surface area contributed by atoms with Crippen molar-refractivity contribution in [3.63, 3.8) is 0 Å². The van der Waals surface area contributed by atoms with Crippen molar-refractivity contribution >= 4 is 10.0 Å². The Kier molecular flexibility index (Phi) is 5.79. The molecule has 0 aromatic heterocycles. The van der Waals surface area contributed by atoms with Gasteiger partial charge in [-0.15, -0.1) is 0 Å². The average Bonchev–Trinajstić information content (AvgIpc) is 2.45. The zero-order valence-electron chi connectivity index (χ0n) is 13.0. The summed E-state index contributed by atoms with van der Waals surface area (Å²) in [6.07, 6.45) is 7.02. The van der Waals surface area contributed by atoms with Gasteiger partial charge in [0.25, 0.3) is 0 Å². The van der Waals surface area contributed by atoms with Crippen LogP contribution in [0.4, 0.5) is 0 Å². The van der Waals surface area contributed by atoms with Crippen LogP contribution in [0.3, 0.4) is 0 Å². The molecule has 21 heavy (non-hydrogen) atoms. The second-order valence-corrected chi connectivity index (χ2v) is 7.76. The minimum atomic E-state index is -3.07. The number of sulfonamides is 1. The molecule has 2 rings (SSSR count). The van der Waals surface area contributed by atoms with Crippen molar-refractivity contribution < 1.29 is 8.42 Å². The molecule has 0 heterocycles. The fraction of sp³-hybridized carbons (Fsp3) is 0.625. The van der Waals surface area contributed by atoms with Crippen molar-refractivity contribution in [1.29, 1.82) is 0 Å². The molecule has 4 nitrogen and oxygen atoms in total. The molecule has 0 spiro atoms. The van der Waals surface area contributed by atoms with Gasteiger partial charge >= 0.3 is 0 Å². The molecule has 1 aromatic rings. The first-order chi connectivity index (χ1) is 9.96. The van der Waals surface area contributed by atoms with Gasteiger partial charge in [-0.25, -0.2) is 13.1 Å². The van der Waals surface area contributed by atoms with Crippen LogP contribution >= 0.6 is 0 Å². The molecule has 1 atom stereocenters. The van der Waals surface area contributed by atoms with Gasteiger partial charge in [-0.2, -0.15) is 0 Å². The highest BCUT2D eigenvalue weighted by molar-refractivity contribution is 7.88. The number of nitrogens with one attached hydrogen (secondary N) is 2. The van der Waals surface area contributed by atoms with Crippen LogP contribution in [0.2, 0.25) is 0 Å². The van der Waals surface area contributed by atoms with Gasteiger partial charge in [0, 0.05) is 12.6 Å². The first-order valence-electron chi connectivity index (χ1n) is 7.75. The fourth-order valence-electron chi connectivity index (χ4n) is 2.81. The standard InChI is InChI=1S/C16H26N2O2S/c1-13(17-10-5-11-18-21(2,19)20)15-9-8-14-6-3-4-7-16(14)12-15/h8-9,12-13,17-18H,3-7,10-11H2,1-2H3. The van der Waals surface area contributed by atoms with Crippen molar-refractivity contribution in [2.24, 2.45) is 0 Å². The molecule has 0 bridgehead atoms. The number of hydrogen-bond acceptors (Lipinski definition) is 3. The molecule has 5 heteroatoms. The molecule has 0 aliphatic heterocycles. The number of rotatable bonds is 7. The summed E-state index contributed by atoms with van der Waals surface area (Å²) >= 11 is 0. The number of hydrogen-bond donors (Lipinski definition) is 2. The van der Waals surface area contributed by atoms with E-state index < -0.39 is 10.0 Å². The molecular weight excluding hydrogens is 284 g/mol.